The van der Waals surface area contributed by atoms with Gasteiger partial charge >= 0.3 is 0 Å². The first kappa shape index (κ1) is 14.3. The molecule has 0 saturated heterocycles. The second-order valence-electron chi connectivity index (χ2n) is 3.82. The fraction of sp³-hybridized carbons (Fsp3) is 0.455. The Morgan fingerprint density at radius 1 is 1.11 bits per heavy atom. The second kappa shape index (κ2) is 5.88. The number of hydrogen-bond donors (Lipinski definition) is 0. The van der Waals surface area contributed by atoms with E-state index < -0.39 is 0 Å². The van der Waals surface area contributed by atoms with Crippen LogP contribution in [0.15, 0.2) is 19.7 Å². The second-order valence-corrected chi connectivity index (χ2v) is 6.24. The number of aromatic nitrogens is 4. The number of halogens is 3. The van der Waals surface area contributed by atoms with Gasteiger partial charge in [0.2, 0.25) is 0 Å². The van der Waals surface area contributed by atoms with Crippen LogP contribution in [0.3, 0.4) is 0 Å². The molecule has 0 fully saturated rings. The van der Waals surface area contributed by atoms with E-state index in [4.69, 9.17) is 0 Å². The van der Waals surface area contributed by atoms with Crippen molar-refractivity contribution in [1.82, 2.24) is 19.6 Å². The van der Waals surface area contributed by atoms with Gasteiger partial charge in [-0.1, -0.05) is 6.92 Å². The maximum Gasteiger partial charge on any atom is 0.129 e. The van der Waals surface area contributed by atoms with E-state index in [-0.39, 0.29) is 0 Å². The van der Waals surface area contributed by atoms with E-state index in [1.807, 2.05) is 15.4 Å². The Morgan fingerprint density at radius 3 is 2.33 bits per heavy atom. The smallest absolute Gasteiger partial charge is 0.129 e. The molecular formula is C11H13Br3N4. The van der Waals surface area contributed by atoms with Gasteiger partial charge in [0.15, 0.2) is 0 Å². The zero-order chi connectivity index (χ0) is 13.3. The molecule has 0 aromatic carbocycles. The Balaban J connectivity index is 2.39. The minimum atomic E-state index is 0.688. The summed E-state index contributed by atoms with van der Waals surface area (Å²) in [6.45, 7) is 5.75. The first-order valence-electron chi connectivity index (χ1n) is 5.69. The highest BCUT2D eigenvalue weighted by Crippen LogP contribution is 2.25. The average molecular weight is 441 g/mol. The molecule has 7 heteroatoms. The summed E-state index contributed by atoms with van der Waals surface area (Å²) < 4.78 is 6.78. The largest absolute Gasteiger partial charge is 0.267 e. The molecule has 0 aliphatic carbocycles. The highest BCUT2D eigenvalue weighted by atomic mass is 79.9. The molecule has 18 heavy (non-hydrogen) atoms. The van der Waals surface area contributed by atoms with Gasteiger partial charge in [0, 0.05) is 12.6 Å². The molecule has 2 aromatic heterocycles. The van der Waals surface area contributed by atoms with E-state index in [0.717, 1.165) is 38.0 Å². The zero-order valence-corrected chi connectivity index (χ0v) is 14.9. The highest BCUT2D eigenvalue weighted by molar-refractivity contribution is 9.11. The third-order valence-corrected chi connectivity index (χ3v) is 4.64. The van der Waals surface area contributed by atoms with Gasteiger partial charge in [-0.2, -0.15) is 10.2 Å². The zero-order valence-electron chi connectivity index (χ0n) is 10.1. The van der Waals surface area contributed by atoms with Gasteiger partial charge in [0.25, 0.3) is 0 Å². The summed E-state index contributed by atoms with van der Waals surface area (Å²) in [5.74, 6) is 0. The highest BCUT2D eigenvalue weighted by Gasteiger charge is 2.15. The van der Waals surface area contributed by atoms with Crippen LogP contribution in [0.1, 0.15) is 25.2 Å². The summed E-state index contributed by atoms with van der Waals surface area (Å²) >= 11 is 10.5. The van der Waals surface area contributed by atoms with E-state index in [1.54, 1.807) is 0 Å². The third kappa shape index (κ3) is 2.72. The van der Waals surface area contributed by atoms with Crippen molar-refractivity contribution in [3.8, 4) is 0 Å². The van der Waals surface area contributed by atoms with Crippen molar-refractivity contribution in [3.63, 3.8) is 0 Å². The lowest BCUT2D eigenvalue weighted by Gasteiger charge is -2.06. The summed E-state index contributed by atoms with van der Waals surface area (Å²) in [6.07, 6.45) is 0.921. The van der Waals surface area contributed by atoms with Gasteiger partial charge in [0.1, 0.15) is 9.21 Å². The predicted octanol–water partition coefficient (Wildman–Crippen LogP) is 4.00. The molecule has 0 saturated carbocycles. The molecule has 98 valence electrons. The van der Waals surface area contributed by atoms with Crippen molar-refractivity contribution in [2.75, 3.05) is 0 Å². The van der Waals surface area contributed by atoms with Crippen LogP contribution in [0.2, 0.25) is 0 Å². The van der Waals surface area contributed by atoms with Gasteiger partial charge in [0.05, 0.1) is 22.4 Å². The lowest BCUT2D eigenvalue weighted by molar-refractivity contribution is 0.566. The monoisotopic (exact) mass is 438 g/mol. The van der Waals surface area contributed by atoms with E-state index in [1.165, 1.54) is 0 Å². The normalized spacial score (nSPS) is 11.2. The Kier molecular flexibility index (Phi) is 4.66. The molecule has 0 amide bonds. The van der Waals surface area contributed by atoms with Gasteiger partial charge < -0.3 is 0 Å². The van der Waals surface area contributed by atoms with Crippen molar-refractivity contribution in [2.45, 2.75) is 33.4 Å². The molecule has 0 spiro atoms. The molecule has 0 N–H and O–H groups in total. The molecule has 2 heterocycles. The first-order valence-corrected chi connectivity index (χ1v) is 8.07. The van der Waals surface area contributed by atoms with Crippen LogP contribution in [-0.4, -0.2) is 19.6 Å². The molecule has 2 rings (SSSR count). The van der Waals surface area contributed by atoms with E-state index >= 15 is 0 Å². The quantitative estimate of drug-likeness (QED) is 0.720. The van der Waals surface area contributed by atoms with Gasteiger partial charge in [-0.05, 0) is 61.1 Å². The minimum Gasteiger partial charge on any atom is -0.267 e. The van der Waals surface area contributed by atoms with Crippen LogP contribution < -0.4 is 0 Å². The fourth-order valence-electron chi connectivity index (χ4n) is 1.79. The average Bonchev–Trinajstić information content (AvgIpc) is 2.81. The summed E-state index contributed by atoms with van der Waals surface area (Å²) in [6, 6.07) is 1.93. The molecular weight excluding hydrogens is 428 g/mol. The SMILES string of the molecule is CCc1nn(CC)c(Cn2nc(Br)cc2Br)c1Br. The number of nitrogens with zero attached hydrogens (tertiary/aromatic N) is 4. The topological polar surface area (TPSA) is 35.6 Å². The summed E-state index contributed by atoms with van der Waals surface area (Å²) in [5.41, 5.74) is 2.24. The summed E-state index contributed by atoms with van der Waals surface area (Å²) in [5, 5.41) is 8.96. The van der Waals surface area contributed by atoms with Crippen molar-refractivity contribution >= 4 is 47.8 Å². The van der Waals surface area contributed by atoms with Crippen LogP contribution in [-0.2, 0) is 19.5 Å². The first-order chi connectivity index (χ1) is 8.56. The Bertz CT molecular complexity index is 559. The van der Waals surface area contributed by atoms with Crippen molar-refractivity contribution in [2.24, 2.45) is 0 Å². The van der Waals surface area contributed by atoms with Crippen LogP contribution in [0.4, 0.5) is 0 Å². The van der Waals surface area contributed by atoms with Crippen molar-refractivity contribution in [1.29, 1.82) is 0 Å². The predicted molar refractivity (Wildman–Crippen MR) is 81.7 cm³/mol. The summed E-state index contributed by atoms with van der Waals surface area (Å²) in [7, 11) is 0. The standard InChI is InChI=1S/C11H13Br3N4/c1-3-7-11(14)8(17(4-2)15-7)6-18-10(13)5-9(12)16-18/h5H,3-4,6H2,1-2H3. The van der Waals surface area contributed by atoms with Gasteiger partial charge in [-0.25, -0.2) is 0 Å². The maximum atomic E-state index is 4.58. The van der Waals surface area contributed by atoms with E-state index in [9.17, 15) is 0 Å². The maximum absolute atomic E-state index is 4.58. The molecule has 0 unspecified atom stereocenters. The Hall–Kier alpha value is -0.140. The van der Waals surface area contributed by atoms with Crippen molar-refractivity contribution < 1.29 is 0 Å². The van der Waals surface area contributed by atoms with Gasteiger partial charge in [-0.3, -0.25) is 9.36 Å². The lowest BCUT2D eigenvalue weighted by Crippen LogP contribution is -2.09. The molecule has 0 radical (unpaired) electrons. The van der Waals surface area contributed by atoms with E-state index in [2.05, 4.69) is 71.8 Å². The molecule has 0 bridgehead atoms. The minimum absolute atomic E-state index is 0.688. The molecule has 2 aromatic rings. The van der Waals surface area contributed by atoms with Crippen LogP contribution in [0, 0.1) is 0 Å². The summed E-state index contributed by atoms with van der Waals surface area (Å²) in [4.78, 5) is 0. The number of aryl methyl sites for hydroxylation is 2. The van der Waals surface area contributed by atoms with Crippen LogP contribution >= 0.6 is 47.8 Å². The molecule has 0 atom stereocenters. The number of hydrogen-bond acceptors (Lipinski definition) is 2. The third-order valence-electron chi connectivity index (χ3n) is 2.69. The molecule has 0 aliphatic heterocycles. The lowest BCUT2D eigenvalue weighted by atomic mass is 10.3. The van der Waals surface area contributed by atoms with Crippen LogP contribution in [0.25, 0.3) is 0 Å². The fourth-order valence-corrected chi connectivity index (χ4v) is 3.61. The Labute approximate surface area is 131 Å². The Morgan fingerprint density at radius 2 is 1.83 bits per heavy atom. The number of rotatable bonds is 4. The van der Waals surface area contributed by atoms with Crippen molar-refractivity contribution in [3.05, 3.63) is 31.1 Å². The molecule has 4 nitrogen and oxygen atoms in total. The van der Waals surface area contributed by atoms with Crippen LogP contribution in [0.5, 0.6) is 0 Å². The molecule has 0 aliphatic rings. The van der Waals surface area contributed by atoms with E-state index in [0.29, 0.717) is 6.54 Å². The van der Waals surface area contributed by atoms with Gasteiger partial charge in [-0.15, -0.1) is 0 Å².